The second kappa shape index (κ2) is 41.9. The first-order valence-electron chi connectivity index (χ1n) is 41.7. The number of amides is 1. The molecule has 3 fully saturated rings. The van der Waals surface area contributed by atoms with Crippen LogP contribution in [0.25, 0.3) is 49.8 Å². The number of carbonyl (C=O) groups is 4. The van der Waals surface area contributed by atoms with Gasteiger partial charge in [0.2, 0.25) is 11.9 Å². The van der Waals surface area contributed by atoms with Crippen molar-refractivity contribution in [2.45, 2.75) is 156 Å². The van der Waals surface area contributed by atoms with Crippen LogP contribution in [0.2, 0.25) is 5.15 Å². The number of hydrogen-bond donors (Lipinski definition) is 5. The van der Waals surface area contributed by atoms with Gasteiger partial charge in [-0.15, -0.1) is 0 Å². The third kappa shape index (κ3) is 21.9. The van der Waals surface area contributed by atoms with Crippen LogP contribution in [0, 0.1) is 54.3 Å². The molecule has 0 spiro atoms. The number of alkyl carbamates (subject to hydrolysis) is 1. The summed E-state index contributed by atoms with van der Waals surface area (Å²) in [6.45, 7) is 19.1. The number of rotatable bonds is 21. The minimum atomic E-state index is -0.655. The van der Waals surface area contributed by atoms with E-state index in [1.165, 1.54) is 21.3 Å². The molecule has 3 atom stereocenters. The average molecular weight is 1700 g/mol. The molecule has 6 aromatic carbocycles. The van der Waals surface area contributed by atoms with Gasteiger partial charge in [-0.25, -0.2) is 29.7 Å². The molecule has 3 aliphatic rings. The van der Waals surface area contributed by atoms with Gasteiger partial charge in [0.15, 0.2) is 5.15 Å². The Morgan fingerprint density at radius 1 is 0.476 bits per heavy atom. The van der Waals surface area contributed by atoms with Crippen LogP contribution in [0.15, 0.2) is 160 Å². The fourth-order valence-corrected chi connectivity index (χ4v) is 16.0. The Hall–Kier alpha value is -13.4. The number of piperidine rings is 3. The minimum absolute atomic E-state index is 0.0516. The molecule has 3 aliphatic heterocycles. The van der Waals surface area contributed by atoms with E-state index in [1.807, 2.05) is 193 Å². The van der Waals surface area contributed by atoms with E-state index in [2.05, 4.69) is 51.3 Å². The van der Waals surface area contributed by atoms with Gasteiger partial charge in [-0.3, -0.25) is 42.5 Å². The molecule has 0 aliphatic carbocycles. The van der Waals surface area contributed by atoms with Crippen LogP contribution in [0.4, 0.5) is 39.6 Å². The van der Waals surface area contributed by atoms with Gasteiger partial charge >= 0.3 is 24.0 Å². The third-order valence-electron chi connectivity index (χ3n) is 22.3. The lowest BCUT2D eigenvalue weighted by atomic mass is 9.93. The molecule has 648 valence electrons. The number of benzene rings is 6. The summed E-state index contributed by atoms with van der Waals surface area (Å²) in [5.41, 5.74) is 24.4. The quantitative estimate of drug-likeness (QED) is 0.0253. The SMILES string of the molecule is CC[C@H](N)c1nc2cccc(N3CCC(CC(=O)OC)CC3)c2c(=O)n1-c1ccccc1.CC[C@H](NC(=O)OC(C)(C)C)c1nc2cccc(N3CCC(CC(=O)OC)CC3)c2c(=O)n1-c1ccccc1.CC[C@H](Nc1nc(N)nc(C)c1C#N)c1nc2cccc(N3CCC(CC(=O)OC)CC3)c2c(=O)n1-c1ccccc1.Cc1nc(N)nc(Cl)c1C#N. The van der Waals surface area contributed by atoms with E-state index in [9.17, 15) is 38.8 Å². The van der Waals surface area contributed by atoms with Crippen molar-refractivity contribution in [2.75, 3.05) is 92.1 Å². The van der Waals surface area contributed by atoms with Gasteiger partial charge < -0.3 is 61.5 Å². The number of nitrogens with zero attached hydrogens (tertiary/aromatic N) is 15. The van der Waals surface area contributed by atoms with Crippen molar-refractivity contribution in [1.29, 1.82) is 10.5 Å². The number of halogens is 1. The summed E-state index contributed by atoms with van der Waals surface area (Å²) in [7, 11) is 4.26. The van der Waals surface area contributed by atoms with Crippen LogP contribution in [-0.2, 0) is 33.3 Å². The molecule has 8 heterocycles. The Kier molecular flexibility index (Phi) is 30.9. The largest absolute Gasteiger partial charge is 0.469 e. The molecular weight excluding hydrogens is 1600 g/mol. The van der Waals surface area contributed by atoms with Crippen LogP contribution in [0.1, 0.15) is 177 Å². The molecule has 31 nitrogen and oxygen atoms in total. The van der Waals surface area contributed by atoms with Gasteiger partial charge in [0.1, 0.15) is 52.2 Å². The van der Waals surface area contributed by atoms with E-state index in [1.54, 1.807) is 27.5 Å². The van der Waals surface area contributed by atoms with E-state index in [0.29, 0.717) is 123 Å². The highest BCUT2D eigenvalue weighted by molar-refractivity contribution is 6.30. The van der Waals surface area contributed by atoms with Gasteiger partial charge in [-0.1, -0.05) is 105 Å². The number of aromatic nitrogens is 10. The molecular formula is C92H107ClN20O11. The predicted octanol–water partition coefficient (Wildman–Crippen LogP) is 13.9. The lowest BCUT2D eigenvalue weighted by molar-refractivity contribution is -0.142. The first-order valence-corrected chi connectivity index (χ1v) is 42.0. The summed E-state index contributed by atoms with van der Waals surface area (Å²) in [5, 5.41) is 26.3. The number of nitriles is 2. The number of esters is 3. The van der Waals surface area contributed by atoms with Crippen molar-refractivity contribution >= 4 is 103 Å². The highest BCUT2D eigenvalue weighted by Crippen LogP contribution is 2.37. The van der Waals surface area contributed by atoms with E-state index < -0.39 is 23.8 Å². The zero-order valence-electron chi connectivity index (χ0n) is 71.9. The molecule has 1 amide bonds. The fourth-order valence-electron chi connectivity index (χ4n) is 15.8. The zero-order chi connectivity index (χ0) is 89.1. The summed E-state index contributed by atoms with van der Waals surface area (Å²) in [6, 6.07) is 48.2. The molecule has 0 saturated carbocycles. The first kappa shape index (κ1) is 91.4. The number of hydrogen-bond acceptors (Lipinski definition) is 27. The van der Waals surface area contributed by atoms with Crippen molar-refractivity contribution < 1.29 is 38.1 Å². The number of ether oxygens (including phenoxy) is 4. The number of aryl methyl sites for hydroxylation is 2. The van der Waals surface area contributed by atoms with Gasteiger partial charge in [-0.05, 0) is 183 Å². The molecule has 0 radical (unpaired) electrons. The van der Waals surface area contributed by atoms with E-state index >= 15 is 0 Å². The van der Waals surface area contributed by atoms with Crippen LogP contribution in [0.3, 0.4) is 0 Å². The molecule has 14 rings (SSSR count). The Labute approximate surface area is 724 Å². The van der Waals surface area contributed by atoms with Crippen molar-refractivity contribution in [1.82, 2.24) is 53.9 Å². The molecule has 0 unspecified atom stereocenters. The Morgan fingerprint density at radius 2 is 0.815 bits per heavy atom. The lowest BCUT2D eigenvalue weighted by Gasteiger charge is -2.34. The van der Waals surface area contributed by atoms with Crippen LogP contribution in [0.5, 0.6) is 0 Å². The second-order valence-corrected chi connectivity index (χ2v) is 32.0. The normalized spacial score (nSPS) is 14.5. The van der Waals surface area contributed by atoms with E-state index in [-0.39, 0.29) is 80.6 Å². The van der Waals surface area contributed by atoms with Crippen molar-refractivity contribution in [3.05, 3.63) is 222 Å². The standard InChI is InChI=1S/C31H34N8O3.C30H38N4O5.C25H30N4O3.C6H5ClN4/c1-4-23(35-28-22(18-32)19(2)34-31(33)37-28)29-36-24-11-8-12-25(38-15-13-20(14-16-38)17-26(40)42-3)27(24)30(41)39(29)21-9-6-5-7-10-21;1-6-22(32-29(37)39-30(2,3)4)27-31-23-13-10-14-24(33-17-15-20(16-18-33)19-25(35)38-5)26(23)28(36)34(27)21-11-8-7-9-12-21;1-3-19(26)24-27-20-10-7-11-21(28-14-12-17(13-15-28)16-22(30)32-2)23(20)25(31)29(24)18-8-5-4-6-9-18;1-3-4(2-8)5(7)11-6(9)10-3/h5-12,20,23H,4,13-17H2,1-3H3,(H3,33,34,35,37);7-14,20,22H,6,15-19H2,1-5H3,(H,32,37);4-11,17,19H,3,12-16,26H2,1-2H3;1H3,(H2,9,10,11)/t23-;22-;19-;/m000./s1. The highest BCUT2D eigenvalue weighted by atomic mass is 35.5. The Morgan fingerprint density at radius 3 is 1.15 bits per heavy atom. The number of anilines is 6. The predicted molar refractivity (Wildman–Crippen MR) is 480 cm³/mol. The molecule has 8 N–H and O–H groups in total. The molecule has 3 saturated heterocycles. The van der Waals surface area contributed by atoms with E-state index in [0.717, 1.165) is 101 Å². The summed E-state index contributed by atoms with van der Waals surface area (Å²) in [5.74, 6) is 2.23. The number of nitrogens with one attached hydrogen (secondary N) is 2. The maximum atomic E-state index is 14.5. The van der Waals surface area contributed by atoms with Gasteiger partial charge in [0, 0.05) is 58.5 Å². The summed E-state index contributed by atoms with van der Waals surface area (Å²) >= 11 is 5.58. The minimum Gasteiger partial charge on any atom is -0.469 e. The third-order valence-corrected chi connectivity index (χ3v) is 22.5. The Bertz CT molecular complexity index is 5890. The first-order chi connectivity index (χ1) is 59.6. The molecule has 11 aromatic rings. The topological polar surface area (TPSA) is 421 Å². The van der Waals surface area contributed by atoms with Crippen molar-refractivity contribution in [3.8, 4) is 29.2 Å². The maximum absolute atomic E-state index is 14.5. The number of nitrogen functional groups attached to an aromatic ring is 2. The molecule has 0 bridgehead atoms. The summed E-state index contributed by atoms with van der Waals surface area (Å²) in [4.78, 5) is 128. The van der Waals surface area contributed by atoms with Crippen LogP contribution < -0.4 is 59.2 Å². The van der Waals surface area contributed by atoms with Crippen molar-refractivity contribution in [2.24, 2.45) is 23.5 Å². The fraction of sp³-hybridized carbons (Fsp3) is 0.391. The number of nitrogens with two attached hydrogens (primary N) is 3. The molecule has 32 heteroatoms. The average Bonchev–Trinajstić information content (AvgIpc) is 0.758. The van der Waals surface area contributed by atoms with Gasteiger partial charge in [0.25, 0.3) is 16.7 Å². The van der Waals surface area contributed by atoms with Crippen LogP contribution in [-0.4, -0.2) is 139 Å². The Balaban J connectivity index is 0.000000171. The molecule has 124 heavy (non-hydrogen) atoms. The number of fused-ring (bicyclic) bond motifs is 3. The smallest absolute Gasteiger partial charge is 0.408 e. The number of methoxy groups -OCH3 is 3. The van der Waals surface area contributed by atoms with Crippen molar-refractivity contribution in [3.63, 3.8) is 0 Å². The van der Waals surface area contributed by atoms with Crippen LogP contribution >= 0.6 is 11.6 Å². The lowest BCUT2D eigenvalue weighted by Crippen LogP contribution is -2.38. The molecule has 5 aromatic heterocycles. The second-order valence-electron chi connectivity index (χ2n) is 31.7. The zero-order valence-corrected chi connectivity index (χ0v) is 72.6. The monoisotopic (exact) mass is 1700 g/mol. The maximum Gasteiger partial charge on any atom is 0.408 e. The number of para-hydroxylation sites is 3. The summed E-state index contributed by atoms with van der Waals surface area (Å²) in [6.07, 6.45) is 7.52. The number of carbonyl (C=O) groups excluding carboxylic acids is 4. The van der Waals surface area contributed by atoms with Gasteiger partial charge in [-0.2, -0.15) is 20.5 Å². The highest BCUT2D eigenvalue weighted by Gasteiger charge is 2.33. The van der Waals surface area contributed by atoms with Gasteiger partial charge in [0.05, 0.1) is 118 Å². The van der Waals surface area contributed by atoms with E-state index in [4.69, 9.17) is 68.0 Å². The summed E-state index contributed by atoms with van der Waals surface area (Å²) < 4.78 is 24.9.